The predicted octanol–water partition coefficient (Wildman–Crippen LogP) is 3.05. The maximum atomic E-state index is 4.40. The molecule has 3 rings (SSSR count). The van der Waals surface area contributed by atoms with Crippen LogP contribution in [-0.2, 0) is 6.54 Å². The summed E-state index contributed by atoms with van der Waals surface area (Å²) in [5.74, 6) is 0.673. The van der Waals surface area contributed by atoms with Gasteiger partial charge in [-0.15, -0.1) is 0 Å². The molecule has 1 aromatic carbocycles. The molecule has 2 aromatic rings. The molecule has 0 radical (unpaired) electrons. The van der Waals surface area contributed by atoms with Gasteiger partial charge >= 0.3 is 0 Å². The number of hydrogen-bond acceptors (Lipinski definition) is 3. The van der Waals surface area contributed by atoms with Crippen LogP contribution in [0.15, 0.2) is 36.5 Å². The van der Waals surface area contributed by atoms with Crippen molar-refractivity contribution in [3.63, 3.8) is 0 Å². The zero-order valence-electron chi connectivity index (χ0n) is 13.2. The Morgan fingerprint density at radius 3 is 3.00 bits per heavy atom. The zero-order chi connectivity index (χ0) is 14.8. The van der Waals surface area contributed by atoms with Crippen LogP contribution in [0.2, 0.25) is 0 Å². The smallest absolute Gasteiger partial charge is 0.0702 e. The number of fused-ring (bicyclic) bond motifs is 1. The highest BCUT2D eigenvalue weighted by atomic mass is 15.2. The van der Waals surface area contributed by atoms with Crippen LogP contribution < -0.4 is 5.32 Å². The van der Waals surface area contributed by atoms with Gasteiger partial charge in [0.1, 0.15) is 0 Å². The van der Waals surface area contributed by atoms with Gasteiger partial charge in [0.2, 0.25) is 0 Å². The molecule has 2 unspecified atom stereocenters. The molecule has 112 valence electrons. The number of piperazine rings is 1. The molecule has 0 bridgehead atoms. The normalized spacial score (nSPS) is 23.8. The van der Waals surface area contributed by atoms with Gasteiger partial charge in [0.05, 0.1) is 5.52 Å². The van der Waals surface area contributed by atoms with Gasteiger partial charge in [0.15, 0.2) is 0 Å². The van der Waals surface area contributed by atoms with Crippen molar-refractivity contribution in [1.29, 1.82) is 0 Å². The fourth-order valence-electron chi connectivity index (χ4n) is 3.30. The lowest BCUT2D eigenvalue weighted by atomic mass is 9.98. The topological polar surface area (TPSA) is 28.2 Å². The van der Waals surface area contributed by atoms with Crippen molar-refractivity contribution in [2.24, 2.45) is 5.92 Å². The van der Waals surface area contributed by atoms with Crippen molar-refractivity contribution >= 4 is 10.9 Å². The van der Waals surface area contributed by atoms with Crippen molar-refractivity contribution in [3.8, 4) is 0 Å². The molecular formula is C18H25N3. The highest BCUT2D eigenvalue weighted by Gasteiger charge is 2.27. The van der Waals surface area contributed by atoms with Gasteiger partial charge in [-0.2, -0.15) is 0 Å². The molecule has 1 aliphatic heterocycles. The molecule has 1 aliphatic rings. The van der Waals surface area contributed by atoms with Gasteiger partial charge < -0.3 is 5.32 Å². The third kappa shape index (κ3) is 3.25. The van der Waals surface area contributed by atoms with E-state index in [-0.39, 0.29) is 0 Å². The molecular weight excluding hydrogens is 258 g/mol. The molecule has 2 atom stereocenters. The fraction of sp³-hybridized carbons (Fsp3) is 0.500. The van der Waals surface area contributed by atoms with Crippen molar-refractivity contribution in [2.45, 2.75) is 39.4 Å². The first-order chi connectivity index (χ1) is 10.1. The summed E-state index contributed by atoms with van der Waals surface area (Å²) in [5, 5.41) is 4.84. The van der Waals surface area contributed by atoms with Crippen molar-refractivity contribution in [2.75, 3.05) is 13.1 Å². The first-order valence-electron chi connectivity index (χ1n) is 7.94. The van der Waals surface area contributed by atoms with Crippen molar-refractivity contribution in [1.82, 2.24) is 15.2 Å². The van der Waals surface area contributed by atoms with Gasteiger partial charge in [-0.1, -0.05) is 26.0 Å². The van der Waals surface area contributed by atoms with Gasteiger partial charge in [-0.05, 0) is 36.6 Å². The number of rotatable bonds is 3. The molecule has 1 N–H and O–H groups in total. The van der Waals surface area contributed by atoms with Crippen LogP contribution in [0.25, 0.3) is 10.9 Å². The van der Waals surface area contributed by atoms with Crippen LogP contribution in [0.5, 0.6) is 0 Å². The van der Waals surface area contributed by atoms with E-state index in [0.717, 1.165) is 25.2 Å². The summed E-state index contributed by atoms with van der Waals surface area (Å²) in [5.41, 5.74) is 2.46. The maximum Gasteiger partial charge on any atom is 0.0702 e. The minimum atomic E-state index is 0.571. The van der Waals surface area contributed by atoms with Crippen LogP contribution in [-0.4, -0.2) is 35.1 Å². The summed E-state index contributed by atoms with van der Waals surface area (Å²) >= 11 is 0. The van der Waals surface area contributed by atoms with Crippen LogP contribution in [0.1, 0.15) is 26.3 Å². The molecule has 21 heavy (non-hydrogen) atoms. The van der Waals surface area contributed by atoms with Crippen LogP contribution >= 0.6 is 0 Å². The average Bonchev–Trinajstić information content (AvgIpc) is 2.47. The first-order valence-corrected chi connectivity index (χ1v) is 7.94. The van der Waals surface area contributed by atoms with Crippen LogP contribution in [0.3, 0.4) is 0 Å². The van der Waals surface area contributed by atoms with E-state index in [9.17, 15) is 0 Å². The van der Waals surface area contributed by atoms with Gasteiger partial charge in [0.25, 0.3) is 0 Å². The molecule has 0 saturated carbocycles. The van der Waals surface area contributed by atoms with E-state index in [1.165, 1.54) is 10.9 Å². The third-order valence-corrected chi connectivity index (χ3v) is 4.48. The lowest BCUT2D eigenvalue weighted by Gasteiger charge is -2.41. The summed E-state index contributed by atoms with van der Waals surface area (Å²) in [6.45, 7) is 10.1. The number of nitrogens with one attached hydrogen (secondary N) is 1. The van der Waals surface area contributed by atoms with E-state index in [4.69, 9.17) is 0 Å². The second-order valence-electron chi connectivity index (χ2n) is 6.58. The van der Waals surface area contributed by atoms with E-state index in [1.807, 2.05) is 12.3 Å². The Balaban J connectivity index is 1.81. The number of benzene rings is 1. The Bertz CT molecular complexity index is 608. The number of hydrogen-bond donors (Lipinski definition) is 1. The Morgan fingerprint density at radius 2 is 2.19 bits per heavy atom. The number of nitrogens with zero attached hydrogens (tertiary/aromatic N) is 2. The molecule has 1 saturated heterocycles. The molecule has 3 nitrogen and oxygen atoms in total. The summed E-state index contributed by atoms with van der Waals surface area (Å²) in [7, 11) is 0. The molecule has 0 spiro atoms. The van der Waals surface area contributed by atoms with E-state index in [0.29, 0.717) is 18.0 Å². The molecule has 1 fully saturated rings. The van der Waals surface area contributed by atoms with E-state index in [1.54, 1.807) is 0 Å². The highest BCUT2D eigenvalue weighted by Crippen LogP contribution is 2.20. The molecule has 0 aliphatic carbocycles. The van der Waals surface area contributed by atoms with E-state index in [2.05, 4.69) is 60.2 Å². The van der Waals surface area contributed by atoms with Gasteiger partial charge in [0, 0.05) is 43.3 Å². The summed E-state index contributed by atoms with van der Waals surface area (Å²) < 4.78 is 0. The summed E-state index contributed by atoms with van der Waals surface area (Å²) in [6, 6.07) is 12.0. The lowest BCUT2D eigenvalue weighted by molar-refractivity contribution is 0.0956. The first kappa shape index (κ1) is 14.5. The standard InChI is InChI=1S/C18H25N3/c1-13(2)18-10-20-14(3)11-21(18)12-15-6-7-17-16(9-15)5-4-8-19-17/h4-9,13-14,18,20H,10-12H2,1-3H3. The van der Waals surface area contributed by atoms with Crippen molar-refractivity contribution in [3.05, 3.63) is 42.1 Å². The van der Waals surface area contributed by atoms with Crippen LogP contribution in [0.4, 0.5) is 0 Å². The highest BCUT2D eigenvalue weighted by molar-refractivity contribution is 5.78. The van der Waals surface area contributed by atoms with E-state index < -0.39 is 0 Å². The maximum absolute atomic E-state index is 4.40. The third-order valence-electron chi connectivity index (χ3n) is 4.48. The average molecular weight is 283 g/mol. The Morgan fingerprint density at radius 1 is 1.33 bits per heavy atom. The second-order valence-corrected chi connectivity index (χ2v) is 6.58. The zero-order valence-corrected chi connectivity index (χ0v) is 13.2. The van der Waals surface area contributed by atoms with Gasteiger partial charge in [-0.25, -0.2) is 0 Å². The Kier molecular flexibility index (Phi) is 4.22. The Labute approximate surface area is 127 Å². The SMILES string of the molecule is CC1CN(Cc2ccc3ncccc3c2)C(C(C)C)CN1. The van der Waals surface area contributed by atoms with Gasteiger partial charge in [-0.3, -0.25) is 9.88 Å². The minimum absolute atomic E-state index is 0.571. The quantitative estimate of drug-likeness (QED) is 0.938. The number of aromatic nitrogens is 1. The summed E-state index contributed by atoms with van der Waals surface area (Å²) in [6.07, 6.45) is 1.86. The number of pyridine rings is 1. The lowest BCUT2D eigenvalue weighted by Crippen LogP contribution is -2.56. The molecule has 3 heteroatoms. The largest absolute Gasteiger partial charge is 0.311 e. The second kappa shape index (κ2) is 6.12. The molecule has 0 amide bonds. The molecule has 1 aromatic heterocycles. The predicted molar refractivity (Wildman–Crippen MR) is 88.2 cm³/mol. The Hall–Kier alpha value is -1.45. The van der Waals surface area contributed by atoms with Crippen molar-refractivity contribution < 1.29 is 0 Å². The fourth-order valence-corrected chi connectivity index (χ4v) is 3.30. The monoisotopic (exact) mass is 283 g/mol. The summed E-state index contributed by atoms with van der Waals surface area (Å²) in [4.78, 5) is 7.03. The minimum Gasteiger partial charge on any atom is -0.311 e. The van der Waals surface area contributed by atoms with E-state index >= 15 is 0 Å². The molecule has 2 heterocycles. The van der Waals surface area contributed by atoms with Crippen LogP contribution in [0, 0.1) is 5.92 Å².